The average Bonchev–Trinajstić information content (AvgIpc) is 2.63. The Morgan fingerprint density at radius 1 is 1.46 bits per heavy atom. The molecular weight excluding hydrogens is 298 g/mol. The van der Waals surface area contributed by atoms with E-state index >= 15 is 0 Å². The fourth-order valence-electron chi connectivity index (χ4n) is 3.01. The van der Waals surface area contributed by atoms with Crippen LogP contribution in [0, 0.1) is 23.2 Å². The Morgan fingerprint density at radius 2 is 2.33 bits per heavy atom. The first-order valence-corrected chi connectivity index (χ1v) is 8.83. The van der Waals surface area contributed by atoms with Crippen molar-refractivity contribution in [3.8, 4) is 17.9 Å². The summed E-state index contributed by atoms with van der Waals surface area (Å²) < 4.78 is 5.80. The highest BCUT2D eigenvalue weighted by Crippen LogP contribution is 2.29. The Hall–Kier alpha value is -1.88. The van der Waals surface area contributed by atoms with E-state index in [0.29, 0.717) is 19.1 Å². The summed E-state index contributed by atoms with van der Waals surface area (Å²) in [5.74, 6) is 6.61. The zero-order valence-electron chi connectivity index (χ0n) is 14.8. The summed E-state index contributed by atoms with van der Waals surface area (Å²) in [4.78, 5) is 6.70. The van der Waals surface area contributed by atoms with E-state index < -0.39 is 5.60 Å². The van der Waals surface area contributed by atoms with Crippen LogP contribution in [0.25, 0.3) is 0 Å². The van der Waals surface area contributed by atoms with Gasteiger partial charge in [0.25, 0.3) is 0 Å². The number of piperidine rings is 1. The Balaban J connectivity index is 1.99. The molecule has 0 aromatic carbocycles. The van der Waals surface area contributed by atoms with Crippen molar-refractivity contribution >= 4 is 0 Å². The molecule has 2 atom stereocenters. The summed E-state index contributed by atoms with van der Waals surface area (Å²) in [5.41, 5.74) is 0.818. The maximum absolute atomic E-state index is 8.64. The normalized spacial score (nSPS) is 20.5. The van der Waals surface area contributed by atoms with Gasteiger partial charge in [0.2, 0.25) is 0 Å². The first-order valence-electron chi connectivity index (χ1n) is 8.83. The first kappa shape index (κ1) is 18.5. The minimum Gasteiger partial charge on any atom is -0.362 e. The van der Waals surface area contributed by atoms with Crippen LogP contribution in [-0.4, -0.2) is 35.2 Å². The highest BCUT2D eigenvalue weighted by Gasteiger charge is 2.24. The maximum atomic E-state index is 8.64. The molecule has 24 heavy (non-hydrogen) atoms. The van der Waals surface area contributed by atoms with Crippen molar-refractivity contribution in [3.63, 3.8) is 0 Å². The van der Waals surface area contributed by atoms with Gasteiger partial charge in [-0.1, -0.05) is 31.3 Å². The fraction of sp³-hybridized carbons (Fsp3) is 0.600. The molecule has 1 aromatic heterocycles. The van der Waals surface area contributed by atoms with Gasteiger partial charge < -0.3 is 4.74 Å². The van der Waals surface area contributed by atoms with E-state index in [9.17, 15) is 0 Å². The Kier molecular flexibility index (Phi) is 7.25. The fourth-order valence-corrected chi connectivity index (χ4v) is 3.01. The van der Waals surface area contributed by atoms with Gasteiger partial charge in [0.15, 0.2) is 0 Å². The van der Waals surface area contributed by atoms with E-state index in [1.807, 2.05) is 25.4 Å². The lowest BCUT2D eigenvalue weighted by Crippen LogP contribution is -2.34. The third-order valence-corrected chi connectivity index (χ3v) is 4.63. The van der Waals surface area contributed by atoms with Gasteiger partial charge in [-0.25, -0.2) is 0 Å². The predicted octanol–water partition coefficient (Wildman–Crippen LogP) is 3.71. The maximum Gasteiger partial charge on any atom is 0.125 e. The van der Waals surface area contributed by atoms with Gasteiger partial charge in [-0.05, 0) is 44.4 Å². The Bertz CT molecular complexity index is 599. The molecule has 1 fully saturated rings. The summed E-state index contributed by atoms with van der Waals surface area (Å²) in [6.07, 6.45) is 8.66. The van der Waals surface area contributed by atoms with E-state index in [-0.39, 0.29) is 0 Å². The predicted molar refractivity (Wildman–Crippen MR) is 95.1 cm³/mol. The molecule has 0 amide bonds. The highest BCUT2D eigenvalue weighted by molar-refractivity contribution is 5.18. The molecule has 0 radical (unpaired) electrons. The van der Waals surface area contributed by atoms with Gasteiger partial charge in [-0.2, -0.15) is 5.26 Å². The lowest BCUT2D eigenvalue weighted by atomic mass is 9.96. The first-order chi connectivity index (χ1) is 11.7. The third kappa shape index (κ3) is 5.34. The molecule has 0 N–H and O–H groups in total. The van der Waals surface area contributed by atoms with Gasteiger partial charge >= 0.3 is 0 Å². The van der Waals surface area contributed by atoms with Crippen LogP contribution in [0.2, 0.25) is 0 Å². The summed E-state index contributed by atoms with van der Waals surface area (Å²) in [6, 6.07) is 6.68. The van der Waals surface area contributed by atoms with E-state index in [2.05, 4.69) is 40.8 Å². The topological polar surface area (TPSA) is 49.2 Å². The number of aromatic nitrogens is 1. The molecule has 128 valence electrons. The van der Waals surface area contributed by atoms with Crippen molar-refractivity contribution in [1.29, 1.82) is 5.26 Å². The van der Waals surface area contributed by atoms with Gasteiger partial charge in [-0.3, -0.25) is 9.88 Å². The molecule has 2 rings (SSSR count). The zero-order valence-corrected chi connectivity index (χ0v) is 14.8. The van der Waals surface area contributed by atoms with Crippen molar-refractivity contribution in [2.45, 2.75) is 57.6 Å². The van der Waals surface area contributed by atoms with Crippen molar-refractivity contribution in [1.82, 2.24) is 9.88 Å². The van der Waals surface area contributed by atoms with Gasteiger partial charge in [-0.15, -0.1) is 0 Å². The molecule has 4 heteroatoms. The number of nitriles is 1. The number of likely N-dealkylation sites (tertiary alicyclic amines) is 1. The van der Waals surface area contributed by atoms with Gasteiger partial charge in [0.05, 0.1) is 25.6 Å². The molecule has 0 bridgehead atoms. The Labute approximate surface area is 145 Å². The number of hydrogen-bond acceptors (Lipinski definition) is 4. The molecule has 0 spiro atoms. The van der Waals surface area contributed by atoms with Crippen LogP contribution < -0.4 is 0 Å². The second-order valence-corrected chi connectivity index (χ2v) is 6.41. The Morgan fingerprint density at radius 3 is 3.04 bits per heavy atom. The molecule has 0 unspecified atom stereocenters. The molecule has 1 aliphatic rings. The van der Waals surface area contributed by atoms with E-state index in [1.165, 1.54) is 18.4 Å². The molecule has 2 heterocycles. The van der Waals surface area contributed by atoms with Crippen molar-refractivity contribution < 1.29 is 4.74 Å². The van der Waals surface area contributed by atoms with Crippen molar-refractivity contribution in [2.75, 3.05) is 19.7 Å². The molecule has 0 aliphatic carbocycles. The van der Waals surface area contributed by atoms with Gasteiger partial charge in [0, 0.05) is 18.4 Å². The minimum absolute atomic E-state index is 0.409. The molecule has 1 saturated heterocycles. The average molecular weight is 325 g/mol. The lowest BCUT2D eigenvalue weighted by molar-refractivity contribution is 0.0136. The van der Waals surface area contributed by atoms with Crippen LogP contribution in [0.5, 0.6) is 0 Å². The summed E-state index contributed by atoms with van der Waals surface area (Å²) in [7, 11) is 0. The second-order valence-electron chi connectivity index (χ2n) is 6.41. The summed E-state index contributed by atoms with van der Waals surface area (Å²) in [5, 5.41) is 8.64. The van der Waals surface area contributed by atoms with Crippen LogP contribution in [-0.2, 0) is 4.74 Å². The molecule has 1 aromatic rings. The lowest BCUT2D eigenvalue weighted by Gasteiger charge is -2.34. The molecule has 1 aliphatic heterocycles. The number of nitrogens with zero attached hydrogens (tertiary/aromatic N) is 3. The van der Waals surface area contributed by atoms with E-state index in [0.717, 1.165) is 25.9 Å². The minimum atomic E-state index is -0.462. The number of pyridine rings is 1. The van der Waals surface area contributed by atoms with Crippen LogP contribution in [0.1, 0.15) is 57.6 Å². The van der Waals surface area contributed by atoms with Crippen molar-refractivity contribution in [2.24, 2.45) is 0 Å². The highest BCUT2D eigenvalue weighted by atomic mass is 16.5. The monoisotopic (exact) mass is 325 g/mol. The van der Waals surface area contributed by atoms with E-state index in [4.69, 9.17) is 10.00 Å². The quantitative estimate of drug-likeness (QED) is 0.591. The standard InChI is InChI=1S/C20H27N3O/c1-3-20(2,24-16-8-12-21)11-7-15-23-14-5-4-10-19(23)18-9-6-13-22-17-18/h6,9,13,17,19H,3-5,8,10,14-16H2,1-2H3/t19-,20+/m1/s1. The second kappa shape index (κ2) is 9.42. The molecule has 0 saturated carbocycles. The van der Waals surface area contributed by atoms with E-state index in [1.54, 1.807) is 0 Å². The number of ether oxygens (including phenoxy) is 1. The SMILES string of the molecule is CC[C@@](C)(C#CCN1CCCC[C@@H]1c1cccnc1)OCCC#N. The number of hydrogen-bond donors (Lipinski definition) is 0. The molecule has 4 nitrogen and oxygen atoms in total. The summed E-state index contributed by atoms with van der Waals surface area (Å²) in [6.45, 7) is 6.34. The largest absolute Gasteiger partial charge is 0.362 e. The zero-order chi connectivity index (χ0) is 17.3. The van der Waals surface area contributed by atoms with Crippen molar-refractivity contribution in [3.05, 3.63) is 30.1 Å². The van der Waals surface area contributed by atoms with Crippen LogP contribution in [0.15, 0.2) is 24.5 Å². The van der Waals surface area contributed by atoms with Crippen LogP contribution in [0.4, 0.5) is 0 Å². The van der Waals surface area contributed by atoms with Crippen LogP contribution in [0.3, 0.4) is 0 Å². The number of rotatable bonds is 6. The van der Waals surface area contributed by atoms with Crippen LogP contribution >= 0.6 is 0 Å². The third-order valence-electron chi connectivity index (χ3n) is 4.63. The summed E-state index contributed by atoms with van der Waals surface area (Å²) >= 11 is 0. The molecular formula is C20H27N3O. The van der Waals surface area contributed by atoms with Gasteiger partial charge in [0.1, 0.15) is 5.60 Å². The smallest absolute Gasteiger partial charge is 0.125 e.